The van der Waals surface area contributed by atoms with Crippen molar-refractivity contribution in [3.05, 3.63) is 65.3 Å². The van der Waals surface area contributed by atoms with Crippen LogP contribution in [0.2, 0.25) is 5.02 Å². The molecule has 142 valence electrons. The molecule has 0 radical (unpaired) electrons. The van der Waals surface area contributed by atoms with Gasteiger partial charge in [-0.05, 0) is 41.3 Å². The van der Waals surface area contributed by atoms with E-state index in [2.05, 4.69) is 42.9 Å². The molecule has 0 unspecified atom stereocenters. The highest BCUT2D eigenvalue weighted by Crippen LogP contribution is 2.39. The Morgan fingerprint density at radius 1 is 0.964 bits per heavy atom. The SMILES string of the molecule is CC(C)(C)c1ccc(-n2c(-c3cc(Cl)c(O)cc3O)nc3cccnc32)cc1. The lowest BCUT2D eigenvalue weighted by Crippen LogP contribution is -2.11. The van der Waals surface area contributed by atoms with Crippen LogP contribution >= 0.6 is 11.6 Å². The number of rotatable bonds is 2. The highest BCUT2D eigenvalue weighted by Gasteiger charge is 2.20. The van der Waals surface area contributed by atoms with Gasteiger partial charge in [-0.1, -0.05) is 44.5 Å². The number of imidazole rings is 1. The van der Waals surface area contributed by atoms with E-state index in [9.17, 15) is 10.2 Å². The van der Waals surface area contributed by atoms with Crippen LogP contribution in [-0.4, -0.2) is 24.7 Å². The summed E-state index contributed by atoms with van der Waals surface area (Å²) in [5, 5.41) is 20.3. The summed E-state index contributed by atoms with van der Waals surface area (Å²) in [6.45, 7) is 6.49. The van der Waals surface area contributed by atoms with Gasteiger partial charge in [0.15, 0.2) is 11.5 Å². The van der Waals surface area contributed by atoms with E-state index in [-0.39, 0.29) is 21.9 Å². The van der Waals surface area contributed by atoms with Crippen LogP contribution in [0.15, 0.2) is 54.7 Å². The van der Waals surface area contributed by atoms with Crippen LogP contribution in [-0.2, 0) is 5.41 Å². The topological polar surface area (TPSA) is 71.2 Å². The Hall–Kier alpha value is -3.05. The Morgan fingerprint density at radius 3 is 2.36 bits per heavy atom. The normalized spacial score (nSPS) is 11.9. The van der Waals surface area contributed by atoms with Gasteiger partial charge in [0.25, 0.3) is 0 Å². The Labute approximate surface area is 167 Å². The third-order valence-electron chi connectivity index (χ3n) is 4.71. The lowest BCUT2D eigenvalue weighted by atomic mass is 9.87. The van der Waals surface area contributed by atoms with Gasteiger partial charge in [0, 0.05) is 18.0 Å². The van der Waals surface area contributed by atoms with Crippen molar-refractivity contribution in [2.75, 3.05) is 0 Å². The molecular weight excluding hydrogens is 374 g/mol. The molecule has 28 heavy (non-hydrogen) atoms. The number of hydrogen-bond acceptors (Lipinski definition) is 4. The lowest BCUT2D eigenvalue weighted by Gasteiger charge is -2.19. The summed E-state index contributed by atoms with van der Waals surface area (Å²) in [6, 6.07) is 14.6. The Morgan fingerprint density at radius 2 is 1.68 bits per heavy atom. The first kappa shape index (κ1) is 18.3. The standard InChI is InChI=1S/C22H20ClN3O2/c1-22(2,3)13-6-8-14(9-7-13)26-20(25-17-5-4-10-24-21(17)26)15-11-16(23)19(28)12-18(15)27/h4-12,27-28H,1-3H3. The van der Waals surface area contributed by atoms with Crippen molar-refractivity contribution in [1.82, 2.24) is 14.5 Å². The van der Waals surface area contributed by atoms with Crippen LogP contribution in [0.3, 0.4) is 0 Å². The number of aromatic nitrogens is 3. The highest BCUT2D eigenvalue weighted by atomic mass is 35.5. The molecule has 4 aromatic rings. The highest BCUT2D eigenvalue weighted by molar-refractivity contribution is 6.32. The first-order valence-electron chi connectivity index (χ1n) is 8.92. The summed E-state index contributed by atoms with van der Waals surface area (Å²) in [7, 11) is 0. The number of pyridine rings is 1. The molecule has 6 heteroatoms. The molecule has 0 amide bonds. The molecule has 2 aromatic carbocycles. The first-order chi connectivity index (χ1) is 13.3. The Kier molecular flexibility index (Phi) is 4.27. The van der Waals surface area contributed by atoms with Gasteiger partial charge in [-0.2, -0.15) is 0 Å². The number of hydrogen-bond donors (Lipinski definition) is 2. The van der Waals surface area contributed by atoms with Crippen molar-refractivity contribution in [3.63, 3.8) is 0 Å². The fraction of sp³-hybridized carbons (Fsp3) is 0.182. The zero-order chi connectivity index (χ0) is 20.1. The summed E-state index contributed by atoms with van der Waals surface area (Å²) in [5.74, 6) is 0.208. The zero-order valence-electron chi connectivity index (χ0n) is 15.8. The van der Waals surface area contributed by atoms with E-state index in [1.807, 2.05) is 28.8 Å². The molecule has 2 heterocycles. The lowest BCUT2D eigenvalue weighted by molar-refractivity contribution is 0.451. The zero-order valence-corrected chi connectivity index (χ0v) is 16.6. The fourth-order valence-electron chi connectivity index (χ4n) is 3.18. The smallest absolute Gasteiger partial charge is 0.164 e. The minimum atomic E-state index is -0.182. The van der Waals surface area contributed by atoms with Gasteiger partial charge >= 0.3 is 0 Å². The maximum Gasteiger partial charge on any atom is 0.164 e. The summed E-state index contributed by atoms with van der Waals surface area (Å²) in [6.07, 6.45) is 1.71. The maximum atomic E-state index is 10.4. The van der Waals surface area contributed by atoms with Crippen LogP contribution in [0.5, 0.6) is 11.5 Å². The number of aromatic hydroxyl groups is 2. The summed E-state index contributed by atoms with van der Waals surface area (Å²) in [4.78, 5) is 9.14. The van der Waals surface area contributed by atoms with Gasteiger partial charge in [-0.25, -0.2) is 9.97 Å². The van der Waals surface area contributed by atoms with E-state index in [1.165, 1.54) is 17.7 Å². The third kappa shape index (κ3) is 3.08. The second kappa shape index (κ2) is 6.53. The average molecular weight is 394 g/mol. The molecule has 0 aliphatic carbocycles. The molecule has 2 N–H and O–H groups in total. The van der Waals surface area contributed by atoms with Gasteiger partial charge in [-0.3, -0.25) is 4.57 Å². The van der Waals surface area contributed by atoms with Gasteiger partial charge in [0.05, 0.1) is 10.6 Å². The number of nitrogens with zero attached hydrogens (tertiary/aromatic N) is 3. The molecule has 0 spiro atoms. The molecule has 0 aliphatic heterocycles. The van der Waals surface area contributed by atoms with Crippen molar-refractivity contribution in [2.24, 2.45) is 0 Å². The molecule has 2 aromatic heterocycles. The van der Waals surface area contributed by atoms with Crippen molar-refractivity contribution < 1.29 is 10.2 Å². The average Bonchev–Trinajstić information content (AvgIpc) is 3.03. The summed E-state index contributed by atoms with van der Waals surface area (Å²) >= 11 is 6.09. The second-order valence-electron chi connectivity index (χ2n) is 7.73. The molecule has 0 fully saturated rings. The number of phenols is 2. The second-order valence-corrected chi connectivity index (χ2v) is 8.14. The molecular formula is C22H20ClN3O2. The molecule has 0 atom stereocenters. The van der Waals surface area contributed by atoms with Crippen LogP contribution in [0.4, 0.5) is 0 Å². The van der Waals surface area contributed by atoms with E-state index in [0.717, 1.165) is 5.69 Å². The van der Waals surface area contributed by atoms with E-state index >= 15 is 0 Å². The van der Waals surface area contributed by atoms with Crippen LogP contribution < -0.4 is 0 Å². The Balaban J connectivity index is 1.98. The van der Waals surface area contributed by atoms with Crippen LogP contribution in [0.25, 0.3) is 28.2 Å². The minimum absolute atomic E-state index is 0.0410. The van der Waals surface area contributed by atoms with Crippen LogP contribution in [0, 0.1) is 0 Å². The van der Waals surface area contributed by atoms with E-state index < -0.39 is 0 Å². The predicted octanol–water partition coefficient (Wildman–Crippen LogP) is 5.45. The van der Waals surface area contributed by atoms with E-state index in [1.54, 1.807) is 6.20 Å². The first-order valence-corrected chi connectivity index (χ1v) is 9.30. The number of benzene rings is 2. The molecule has 4 rings (SSSR count). The molecule has 0 saturated carbocycles. The fourth-order valence-corrected chi connectivity index (χ4v) is 3.34. The molecule has 0 aliphatic rings. The summed E-state index contributed by atoms with van der Waals surface area (Å²) in [5.41, 5.74) is 3.91. The van der Waals surface area contributed by atoms with Gasteiger partial charge in [-0.15, -0.1) is 0 Å². The van der Waals surface area contributed by atoms with Gasteiger partial charge in [0.1, 0.15) is 17.0 Å². The monoisotopic (exact) mass is 393 g/mol. The quantitative estimate of drug-likeness (QED) is 0.475. The van der Waals surface area contributed by atoms with Crippen molar-refractivity contribution >= 4 is 22.8 Å². The number of halogens is 1. The number of fused-ring (bicyclic) bond motifs is 1. The van der Waals surface area contributed by atoms with Crippen LogP contribution in [0.1, 0.15) is 26.3 Å². The molecule has 5 nitrogen and oxygen atoms in total. The Bertz CT molecular complexity index is 1180. The van der Waals surface area contributed by atoms with E-state index in [4.69, 9.17) is 11.6 Å². The minimum Gasteiger partial charge on any atom is -0.507 e. The number of phenolic OH excluding ortho intramolecular Hbond substituents is 2. The molecule has 0 bridgehead atoms. The van der Waals surface area contributed by atoms with Gasteiger partial charge in [0.2, 0.25) is 0 Å². The predicted molar refractivity (Wildman–Crippen MR) is 111 cm³/mol. The van der Waals surface area contributed by atoms with Crippen molar-refractivity contribution in [1.29, 1.82) is 0 Å². The third-order valence-corrected chi connectivity index (χ3v) is 5.02. The van der Waals surface area contributed by atoms with Crippen molar-refractivity contribution in [3.8, 4) is 28.6 Å². The maximum absolute atomic E-state index is 10.4. The summed E-state index contributed by atoms with van der Waals surface area (Å²) < 4.78 is 1.88. The van der Waals surface area contributed by atoms with Gasteiger partial charge < -0.3 is 10.2 Å². The van der Waals surface area contributed by atoms with E-state index in [0.29, 0.717) is 22.6 Å². The largest absolute Gasteiger partial charge is 0.507 e. The molecule has 0 saturated heterocycles. The van der Waals surface area contributed by atoms with Crippen molar-refractivity contribution in [2.45, 2.75) is 26.2 Å².